The van der Waals surface area contributed by atoms with E-state index in [1.54, 1.807) is 24.3 Å². The highest BCUT2D eigenvalue weighted by Gasteiger charge is 2.24. The molecule has 0 aromatic heterocycles. The van der Waals surface area contributed by atoms with Gasteiger partial charge in [-0.05, 0) is 41.8 Å². The molecule has 0 saturated heterocycles. The van der Waals surface area contributed by atoms with Gasteiger partial charge < -0.3 is 4.90 Å². The molecule has 1 aliphatic heterocycles. The Balaban J connectivity index is 1.88. The fourth-order valence-corrected chi connectivity index (χ4v) is 3.68. The Morgan fingerprint density at radius 2 is 1.84 bits per heavy atom. The van der Waals surface area contributed by atoms with Crippen LogP contribution in [0.1, 0.15) is 23.7 Å². The Morgan fingerprint density at radius 1 is 1.12 bits per heavy atom. The monoisotopic (exact) mass is 355 g/mol. The van der Waals surface area contributed by atoms with E-state index in [0.29, 0.717) is 12.1 Å². The highest BCUT2D eigenvalue weighted by Crippen LogP contribution is 2.24. The van der Waals surface area contributed by atoms with Crippen LogP contribution in [0.4, 0.5) is 0 Å². The van der Waals surface area contributed by atoms with Gasteiger partial charge >= 0.3 is 0 Å². The molecule has 0 spiro atoms. The number of rotatable bonds is 4. The van der Waals surface area contributed by atoms with E-state index in [-0.39, 0.29) is 16.8 Å². The summed E-state index contributed by atoms with van der Waals surface area (Å²) in [5, 5.41) is 0. The molecule has 1 aliphatic rings. The predicted octanol–water partition coefficient (Wildman–Crippen LogP) is 3.55. The lowest BCUT2D eigenvalue weighted by Crippen LogP contribution is -2.35. The topological polar surface area (TPSA) is 54.5 Å². The maximum absolute atomic E-state index is 12.8. The minimum absolute atomic E-state index is 0.0199. The lowest BCUT2D eigenvalue weighted by atomic mass is 10.0. The molecule has 0 N–H and O–H groups in total. The molecule has 0 bridgehead atoms. The summed E-state index contributed by atoms with van der Waals surface area (Å²) in [6.45, 7) is 2.71. The summed E-state index contributed by atoms with van der Waals surface area (Å²) >= 11 is 0. The largest absolute Gasteiger partial charge is 0.329 e. The Morgan fingerprint density at radius 3 is 2.48 bits per heavy atom. The Kier molecular flexibility index (Phi) is 4.77. The molecule has 0 radical (unpaired) electrons. The van der Waals surface area contributed by atoms with E-state index in [4.69, 9.17) is 0 Å². The predicted molar refractivity (Wildman–Crippen MR) is 99.2 cm³/mol. The first-order valence-corrected chi connectivity index (χ1v) is 10.2. The summed E-state index contributed by atoms with van der Waals surface area (Å²) in [5.74, 6) is 0.0199. The van der Waals surface area contributed by atoms with Crippen LogP contribution >= 0.6 is 0 Å². The average molecular weight is 355 g/mol. The fraction of sp³-hybridized carbons (Fsp3) is 0.250. The van der Waals surface area contributed by atoms with Crippen LogP contribution in [0.15, 0.2) is 65.6 Å². The minimum Gasteiger partial charge on any atom is -0.329 e. The van der Waals surface area contributed by atoms with Crippen molar-refractivity contribution in [3.8, 4) is 11.1 Å². The second-order valence-electron chi connectivity index (χ2n) is 6.24. The van der Waals surface area contributed by atoms with E-state index in [1.165, 1.54) is 6.26 Å². The van der Waals surface area contributed by atoms with Crippen molar-refractivity contribution >= 4 is 15.7 Å². The molecule has 2 aromatic rings. The third-order valence-corrected chi connectivity index (χ3v) is 5.59. The second kappa shape index (κ2) is 6.84. The Bertz CT molecular complexity index is 914. The number of amides is 1. The summed E-state index contributed by atoms with van der Waals surface area (Å²) in [6, 6.07) is 14.4. The standard InChI is InChI=1S/C20H21NO3S/c1-3-18-8-5-13-21(18)20(22)17-7-4-6-16(14-17)15-9-11-19(12-10-15)25(2,23)24/h4-12,14,18H,3,13H2,1-2H3/t18-/m1/s1. The van der Waals surface area contributed by atoms with Crippen molar-refractivity contribution in [3.05, 3.63) is 66.2 Å². The second-order valence-corrected chi connectivity index (χ2v) is 8.25. The van der Waals surface area contributed by atoms with Crippen molar-refractivity contribution in [2.75, 3.05) is 12.8 Å². The van der Waals surface area contributed by atoms with Crippen LogP contribution in [0, 0.1) is 0 Å². The molecule has 1 atom stereocenters. The maximum Gasteiger partial charge on any atom is 0.254 e. The molecule has 130 valence electrons. The van der Waals surface area contributed by atoms with Gasteiger partial charge in [0.15, 0.2) is 9.84 Å². The quantitative estimate of drug-likeness (QED) is 0.788. The smallest absolute Gasteiger partial charge is 0.254 e. The molecule has 0 unspecified atom stereocenters. The normalized spacial score (nSPS) is 17.0. The van der Waals surface area contributed by atoms with Crippen LogP contribution in [0.2, 0.25) is 0 Å². The molecular formula is C20H21NO3S. The lowest BCUT2D eigenvalue weighted by molar-refractivity contribution is 0.0747. The first-order chi connectivity index (χ1) is 11.9. The van der Waals surface area contributed by atoms with E-state index >= 15 is 0 Å². The van der Waals surface area contributed by atoms with Crippen molar-refractivity contribution in [3.63, 3.8) is 0 Å². The Labute approximate surface area is 148 Å². The Hall–Kier alpha value is -2.40. The SMILES string of the molecule is CC[C@@H]1C=CCN1C(=O)c1cccc(-c2ccc(S(C)(=O)=O)cc2)c1. The number of sulfone groups is 1. The maximum atomic E-state index is 12.8. The average Bonchev–Trinajstić information content (AvgIpc) is 3.09. The number of benzene rings is 2. The zero-order valence-corrected chi connectivity index (χ0v) is 15.2. The van der Waals surface area contributed by atoms with Gasteiger partial charge in [-0.25, -0.2) is 8.42 Å². The van der Waals surface area contributed by atoms with E-state index in [1.807, 2.05) is 35.2 Å². The molecular weight excluding hydrogens is 334 g/mol. The van der Waals surface area contributed by atoms with E-state index in [0.717, 1.165) is 17.5 Å². The molecule has 2 aromatic carbocycles. The first kappa shape index (κ1) is 17.4. The van der Waals surface area contributed by atoms with Crippen LogP contribution < -0.4 is 0 Å². The van der Waals surface area contributed by atoms with E-state index < -0.39 is 9.84 Å². The highest BCUT2D eigenvalue weighted by molar-refractivity contribution is 7.90. The van der Waals surface area contributed by atoms with Crippen molar-refractivity contribution < 1.29 is 13.2 Å². The van der Waals surface area contributed by atoms with Gasteiger partial charge in [-0.2, -0.15) is 0 Å². The van der Waals surface area contributed by atoms with Crippen LogP contribution in [0.3, 0.4) is 0 Å². The third-order valence-electron chi connectivity index (χ3n) is 4.47. The van der Waals surface area contributed by atoms with Crippen molar-refractivity contribution in [1.82, 2.24) is 4.90 Å². The van der Waals surface area contributed by atoms with Gasteiger partial charge in [-0.15, -0.1) is 0 Å². The highest BCUT2D eigenvalue weighted by atomic mass is 32.2. The molecule has 25 heavy (non-hydrogen) atoms. The molecule has 1 heterocycles. The first-order valence-electron chi connectivity index (χ1n) is 8.28. The van der Waals surface area contributed by atoms with Crippen LogP contribution in [0.25, 0.3) is 11.1 Å². The van der Waals surface area contributed by atoms with Crippen molar-refractivity contribution in [2.45, 2.75) is 24.3 Å². The number of carbonyl (C=O) groups excluding carboxylic acids is 1. The van der Waals surface area contributed by atoms with E-state index in [2.05, 4.69) is 13.0 Å². The summed E-state index contributed by atoms with van der Waals surface area (Å²) in [4.78, 5) is 14.9. The zero-order valence-electron chi connectivity index (χ0n) is 14.3. The summed E-state index contributed by atoms with van der Waals surface area (Å²) in [5.41, 5.74) is 2.42. The molecule has 0 fully saturated rings. The molecule has 4 nitrogen and oxygen atoms in total. The molecule has 0 aliphatic carbocycles. The number of hydrogen-bond donors (Lipinski definition) is 0. The van der Waals surface area contributed by atoms with E-state index in [9.17, 15) is 13.2 Å². The van der Waals surface area contributed by atoms with Crippen LogP contribution in [-0.4, -0.2) is 38.1 Å². The van der Waals surface area contributed by atoms with Crippen molar-refractivity contribution in [1.29, 1.82) is 0 Å². The van der Waals surface area contributed by atoms with Gasteiger partial charge in [-0.3, -0.25) is 4.79 Å². The minimum atomic E-state index is -3.21. The number of hydrogen-bond acceptors (Lipinski definition) is 3. The molecule has 5 heteroatoms. The molecule has 1 amide bonds. The molecule has 0 saturated carbocycles. The number of nitrogens with zero attached hydrogens (tertiary/aromatic N) is 1. The third kappa shape index (κ3) is 3.66. The summed E-state index contributed by atoms with van der Waals surface area (Å²) in [6.07, 6.45) is 6.19. The lowest BCUT2D eigenvalue weighted by Gasteiger charge is -2.23. The van der Waals surface area contributed by atoms with Gasteiger partial charge in [0.05, 0.1) is 10.9 Å². The number of carbonyl (C=O) groups is 1. The van der Waals surface area contributed by atoms with Gasteiger partial charge in [-0.1, -0.05) is 43.3 Å². The summed E-state index contributed by atoms with van der Waals surface area (Å²) < 4.78 is 23.1. The van der Waals surface area contributed by atoms with Gasteiger partial charge in [0.1, 0.15) is 0 Å². The van der Waals surface area contributed by atoms with Gasteiger partial charge in [0, 0.05) is 18.4 Å². The summed E-state index contributed by atoms with van der Waals surface area (Å²) in [7, 11) is -3.21. The zero-order chi connectivity index (χ0) is 18.0. The van der Waals surface area contributed by atoms with Crippen LogP contribution in [0.5, 0.6) is 0 Å². The van der Waals surface area contributed by atoms with Gasteiger partial charge in [0.25, 0.3) is 5.91 Å². The van der Waals surface area contributed by atoms with Crippen molar-refractivity contribution in [2.24, 2.45) is 0 Å². The fourth-order valence-electron chi connectivity index (χ4n) is 3.05. The molecule has 3 rings (SSSR count). The van der Waals surface area contributed by atoms with Crippen LogP contribution in [-0.2, 0) is 9.84 Å². The van der Waals surface area contributed by atoms with Gasteiger partial charge in [0.2, 0.25) is 0 Å².